The van der Waals surface area contributed by atoms with Crippen LogP contribution in [0.2, 0.25) is 13.1 Å². The molecule has 1 nitrogen and oxygen atoms in total. The van der Waals surface area contributed by atoms with Gasteiger partial charge in [0.1, 0.15) is 0 Å². The lowest BCUT2D eigenvalue weighted by Crippen LogP contribution is -2.26. The molecular formula is C19H23BrOSSi. The number of hydrogen-bond donors (Lipinski definition) is 0. The monoisotopic (exact) mass is 406 g/mol. The highest BCUT2D eigenvalue weighted by molar-refractivity contribution is 9.10. The Bertz CT molecular complexity index is 848. The Labute approximate surface area is 152 Å². The van der Waals surface area contributed by atoms with Crippen LogP contribution >= 0.6 is 27.3 Å². The Morgan fingerprint density at radius 2 is 1.78 bits per heavy atom. The fourth-order valence-electron chi connectivity index (χ4n) is 3.07. The highest BCUT2D eigenvalue weighted by Crippen LogP contribution is 2.45. The predicted molar refractivity (Wildman–Crippen MR) is 109 cm³/mol. The van der Waals surface area contributed by atoms with Gasteiger partial charge in [-0.25, -0.2) is 0 Å². The largest absolute Gasteiger partial charge is 0.413 e. The van der Waals surface area contributed by atoms with Crippen molar-refractivity contribution in [1.82, 2.24) is 0 Å². The van der Waals surface area contributed by atoms with E-state index in [4.69, 9.17) is 4.43 Å². The fraction of sp³-hybridized carbons (Fsp3) is 0.368. The van der Waals surface area contributed by atoms with Gasteiger partial charge in [-0.1, -0.05) is 54.9 Å². The van der Waals surface area contributed by atoms with E-state index in [2.05, 4.69) is 86.2 Å². The summed E-state index contributed by atoms with van der Waals surface area (Å²) in [6.07, 6.45) is 0.118. The molecule has 1 atom stereocenters. The minimum atomic E-state index is -1.15. The zero-order valence-electron chi connectivity index (χ0n) is 14.3. The van der Waals surface area contributed by atoms with Gasteiger partial charge in [-0.05, 0) is 42.3 Å². The maximum atomic E-state index is 6.50. The summed E-state index contributed by atoms with van der Waals surface area (Å²) < 4.78 is 10.3. The van der Waals surface area contributed by atoms with E-state index in [9.17, 15) is 0 Å². The van der Waals surface area contributed by atoms with Crippen molar-refractivity contribution in [3.05, 3.63) is 46.4 Å². The van der Waals surface area contributed by atoms with E-state index < -0.39 is 9.04 Å². The molecule has 1 heterocycles. The molecule has 0 aliphatic heterocycles. The normalized spacial score (nSPS) is 14.0. The molecule has 0 radical (unpaired) electrons. The first-order valence-corrected chi connectivity index (χ1v) is 12.4. The van der Waals surface area contributed by atoms with Gasteiger partial charge in [0.15, 0.2) is 9.04 Å². The van der Waals surface area contributed by atoms with Gasteiger partial charge in [0.2, 0.25) is 0 Å². The van der Waals surface area contributed by atoms with E-state index in [1.807, 2.05) is 11.3 Å². The van der Waals surface area contributed by atoms with E-state index in [-0.39, 0.29) is 11.5 Å². The average molecular weight is 407 g/mol. The maximum Gasteiger partial charge on any atom is 0.171 e. The van der Waals surface area contributed by atoms with Gasteiger partial charge < -0.3 is 4.43 Å². The van der Waals surface area contributed by atoms with Crippen LogP contribution in [-0.2, 0) is 4.43 Å². The first-order chi connectivity index (χ1) is 10.8. The molecule has 1 aromatic heterocycles. The van der Waals surface area contributed by atoms with Gasteiger partial charge in [0, 0.05) is 24.6 Å². The molecule has 0 saturated carbocycles. The maximum absolute atomic E-state index is 6.50. The van der Waals surface area contributed by atoms with Crippen molar-refractivity contribution in [2.24, 2.45) is 5.41 Å². The molecule has 0 aliphatic rings. The van der Waals surface area contributed by atoms with Crippen LogP contribution in [-0.4, -0.2) is 9.04 Å². The third kappa shape index (κ3) is 3.41. The minimum Gasteiger partial charge on any atom is -0.413 e. The highest BCUT2D eigenvalue weighted by Gasteiger charge is 2.30. The summed E-state index contributed by atoms with van der Waals surface area (Å²) in [6.45, 7) is 11.3. The Morgan fingerprint density at radius 1 is 1.09 bits per heavy atom. The lowest BCUT2D eigenvalue weighted by atomic mass is 9.83. The molecule has 0 spiro atoms. The lowest BCUT2D eigenvalue weighted by Gasteiger charge is -2.33. The number of benzene rings is 2. The summed E-state index contributed by atoms with van der Waals surface area (Å²) in [4.78, 5) is 0. The Balaban J connectivity index is 2.33. The second kappa shape index (κ2) is 6.32. The molecule has 4 heteroatoms. The van der Waals surface area contributed by atoms with Gasteiger partial charge in [0.25, 0.3) is 0 Å². The van der Waals surface area contributed by atoms with Crippen LogP contribution in [0.25, 0.3) is 20.2 Å². The molecular weight excluding hydrogens is 384 g/mol. The van der Waals surface area contributed by atoms with Crippen LogP contribution in [0.5, 0.6) is 0 Å². The summed E-state index contributed by atoms with van der Waals surface area (Å²) in [5.41, 5.74) is 1.38. The van der Waals surface area contributed by atoms with Crippen LogP contribution in [0.1, 0.15) is 32.4 Å². The molecule has 0 amide bonds. The van der Waals surface area contributed by atoms with Crippen molar-refractivity contribution < 1.29 is 4.43 Å². The average Bonchev–Trinajstić information content (AvgIpc) is 2.80. The van der Waals surface area contributed by atoms with Crippen LogP contribution in [0.4, 0.5) is 0 Å². The van der Waals surface area contributed by atoms with Crippen molar-refractivity contribution in [2.75, 3.05) is 0 Å². The second-order valence-corrected chi connectivity index (χ2v) is 11.8. The standard InChI is InChI=1S/C19H23BrOSSi/c1-19(2,3)18(21-23(4)5)14-10-12(20)11-16-17(14)13-8-6-7-9-15(13)22-16/h6-11,18,23H,1-5H3. The Morgan fingerprint density at radius 3 is 2.43 bits per heavy atom. The number of halogens is 1. The van der Waals surface area contributed by atoms with Gasteiger partial charge in [0.05, 0.1) is 6.10 Å². The molecule has 0 aliphatic carbocycles. The smallest absolute Gasteiger partial charge is 0.171 e. The molecule has 3 rings (SSSR count). The topological polar surface area (TPSA) is 9.23 Å². The zero-order chi connectivity index (χ0) is 16.8. The van der Waals surface area contributed by atoms with Crippen molar-refractivity contribution in [3.63, 3.8) is 0 Å². The fourth-order valence-corrected chi connectivity index (χ4v) is 5.98. The first-order valence-electron chi connectivity index (χ1n) is 8.03. The first kappa shape index (κ1) is 17.2. The molecule has 2 aromatic carbocycles. The van der Waals surface area contributed by atoms with Crippen LogP contribution in [0, 0.1) is 5.41 Å². The summed E-state index contributed by atoms with van der Waals surface area (Å²) in [7, 11) is -1.15. The summed E-state index contributed by atoms with van der Waals surface area (Å²) in [6, 6.07) is 13.2. The SMILES string of the molecule is C[SiH](C)OC(c1cc(Br)cc2sc3ccccc3c12)C(C)(C)C. The molecule has 0 saturated heterocycles. The van der Waals surface area contributed by atoms with Crippen LogP contribution in [0.15, 0.2) is 40.9 Å². The van der Waals surface area contributed by atoms with Crippen molar-refractivity contribution in [1.29, 1.82) is 0 Å². The molecule has 3 aromatic rings. The van der Waals surface area contributed by atoms with Crippen molar-refractivity contribution in [3.8, 4) is 0 Å². The number of thiophene rings is 1. The molecule has 23 heavy (non-hydrogen) atoms. The number of rotatable bonds is 3. The molecule has 0 N–H and O–H groups in total. The summed E-state index contributed by atoms with van der Waals surface area (Å²) in [5, 5.41) is 2.71. The van der Waals surface area contributed by atoms with Gasteiger partial charge in [-0.2, -0.15) is 0 Å². The molecule has 0 bridgehead atoms. The van der Waals surface area contributed by atoms with E-state index in [1.165, 1.54) is 25.7 Å². The number of hydrogen-bond acceptors (Lipinski definition) is 2. The van der Waals surface area contributed by atoms with Gasteiger partial charge in [-0.3, -0.25) is 0 Å². The third-order valence-corrected chi connectivity index (χ3v) is 6.34. The number of fused-ring (bicyclic) bond motifs is 3. The van der Waals surface area contributed by atoms with Crippen LogP contribution < -0.4 is 0 Å². The molecule has 122 valence electrons. The van der Waals surface area contributed by atoms with Crippen molar-refractivity contribution >= 4 is 56.5 Å². The Kier molecular flexibility index (Phi) is 4.71. The van der Waals surface area contributed by atoms with Gasteiger partial charge >= 0.3 is 0 Å². The minimum absolute atomic E-state index is 0.0635. The molecule has 1 unspecified atom stereocenters. The molecule has 0 fully saturated rings. The van der Waals surface area contributed by atoms with Crippen LogP contribution in [0.3, 0.4) is 0 Å². The van der Waals surface area contributed by atoms with E-state index >= 15 is 0 Å². The zero-order valence-corrected chi connectivity index (χ0v) is 17.9. The predicted octanol–water partition coefficient (Wildman–Crippen LogP) is 6.90. The quantitative estimate of drug-likeness (QED) is 0.429. The summed E-state index contributed by atoms with van der Waals surface area (Å²) >= 11 is 5.57. The van der Waals surface area contributed by atoms with E-state index in [0.717, 1.165) is 4.47 Å². The highest BCUT2D eigenvalue weighted by atomic mass is 79.9. The lowest BCUT2D eigenvalue weighted by molar-refractivity contribution is 0.0879. The van der Waals surface area contributed by atoms with Gasteiger partial charge in [-0.15, -0.1) is 11.3 Å². The summed E-state index contributed by atoms with van der Waals surface area (Å²) in [5.74, 6) is 0. The van der Waals surface area contributed by atoms with E-state index in [1.54, 1.807) is 0 Å². The second-order valence-electron chi connectivity index (χ2n) is 7.40. The van der Waals surface area contributed by atoms with Crippen molar-refractivity contribution in [2.45, 2.75) is 40.0 Å². The third-order valence-electron chi connectivity index (χ3n) is 3.95. The Hall–Kier alpha value is -0.683. The van der Waals surface area contributed by atoms with E-state index in [0.29, 0.717) is 0 Å².